The van der Waals surface area contributed by atoms with E-state index in [4.69, 9.17) is 10.5 Å². The monoisotopic (exact) mass is 329 g/mol. The molecule has 0 aliphatic carbocycles. The van der Waals surface area contributed by atoms with Crippen molar-refractivity contribution >= 4 is 34.5 Å². The van der Waals surface area contributed by atoms with Crippen LogP contribution in [0.4, 0.5) is 11.6 Å². The minimum absolute atomic E-state index is 0.169. The second kappa shape index (κ2) is 8.19. The number of methoxy groups -OCH3 is 1. The molecule has 1 heterocycles. The van der Waals surface area contributed by atoms with Gasteiger partial charge in [-0.2, -0.15) is 0 Å². The molecule has 0 saturated carbocycles. The second-order valence-electron chi connectivity index (χ2n) is 5.29. The summed E-state index contributed by atoms with van der Waals surface area (Å²) in [6, 6.07) is 5.57. The van der Waals surface area contributed by atoms with Gasteiger partial charge >= 0.3 is 5.97 Å². The van der Waals surface area contributed by atoms with E-state index in [-0.39, 0.29) is 6.61 Å². The maximum atomic E-state index is 11.4. The molecule has 0 saturated heterocycles. The molecule has 0 unspecified atom stereocenters. The van der Waals surface area contributed by atoms with Crippen molar-refractivity contribution in [3.05, 3.63) is 30.3 Å². The molecule has 0 aliphatic heterocycles. The fourth-order valence-corrected chi connectivity index (χ4v) is 2.42. The van der Waals surface area contributed by atoms with Gasteiger partial charge in [0, 0.05) is 12.1 Å². The van der Waals surface area contributed by atoms with Crippen molar-refractivity contribution in [3.8, 4) is 5.75 Å². The third kappa shape index (κ3) is 3.76. The average molecular weight is 329 g/mol. The van der Waals surface area contributed by atoms with Crippen molar-refractivity contribution in [2.45, 2.75) is 19.8 Å². The van der Waals surface area contributed by atoms with E-state index in [1.807, 2.05) is 12.1 Å². The van der Waals surface area contributed by atoms with Crippen LogP contribution in [0, 0.1) is 0 Å². The Hall–Kier alpha value is -2.76. The number of pyridine rings is 1. The predicted molar refractivity (Wildman–Crippen MR) is 97.2 cm³/mol. The van der Waals surface area contributed by atoms with Crippen molar-refractivity contribution in [1.29, 1.82) is 0 Å². The Bertz CT molecular complexity index is 744. The molecular formula is C18H23N3O3. The number of benzene rings is 1. The molecule has 0 fully saturated rings. The summed E-state index contributed by atoms with van der Waals surface area (Å²) in [5, 5.41) is 4.95. The number of anilines is 2. The number of nitrogens with two attached hydrogens (primary N) is 1. The van der Waals surface area contributed by atoms with E-state index >= 15 is 0 Å². The Morgan fingerprint density at radius 2 is 2.25 bits per heavy atom. The Morgan fingerprint density at radius 3 is 2.92 bits per heavy atom. The number of hydrogen-bond donors (Lipinski definition) is 2. The van der Waals surface area contributed by atoms with Crippen LogP contribution in [0.2, 0.25) is 0 Å². The van der Waals surface area contributed by atoms with Crippen LogP contribution < -0.4 is 15.8 Å². The maximum Gasteiger partial charge on any atom is 0.343 e. The van der Waals surface area contributed by atoms with E-state index in [1.165, 1.54) is 7.11 Å². The highest BCUT2D eigenvalue weighted by Crippen LogP contribution is 2.36. The first-order valence-electron chi connectivity index (χ1n) is 7.90. The third-order valence-electron chi connectivity index (χ3n) is 3.66. The van der Waals surface area contributed by atoms with Crippen LogP contribution in [0.3, 0.4) is 0 Å². The van der Waals surface area contributed by atoms with Crippen LogP contribution in [0.5, 0.6) is 5.75 Å². The standard InChI is InChI=1S/C18H23N3O3/c1-4-6-10-20-18-16-13(12(5-2)17(19)21-18)8-7-9-14(16)24-11-15(22)23-3/h5,7-9H,2,4,6,10-11H2,1,3H3,(H3,19,20,21). The van der Waals surface area contributed by atoms with Crippen molar-refractivity contribution in [2.75, 3.05) is 31.3 Å². The summed E-state index contributed by atoms with van der Waals surface area (Å²) in [4.78, 5) is 15.8. The first kappa shape index (κ1) is 17.6. The number of hydrogen-bond acceptors (Lipinski definition) is 6. The highest BCUT2D eigenvalue weighted by Gasteiger charge is 2.15. The molecule has 0 radical (unpaired) electrons. The Balaban J connectivity index is 2.52. The molecule has 0 atom stereocenters. The first-order chi connectivity index (χ1) is 11.6. The molecule has 0 spiro atoms. The SMILES string of the molecule is C=Cc1c(N)nc(NCCCC)c2c(OCC(=O)OC)cccc12. The summed E-state index contributed by atoms with van der Waals surface area (Å²) in [7, 11) is 1.32. The summed E-state index contributed by atoms with van der Waals surface area (Å²) in [5.74, 6) is 1.15. The van der Waals surface area contributed by atoms with E-state index < -0.39 is 5.97 Å². The van der Waals surface area contributed by atoms with Crippen LogP contribution in [-0.2, 0) is 9.53 Å². The van der Waals surface area contributed by atoms with Gasteiger partial charge in [0.2, 0.25) is 0 Å². The van der Waals surface area contributed by atoms with E-state index in [0.29, 0.717) is 17.4 Å². The maximum absolute atomic E-state index is 11.4. The summed E-state index contributed by atoms with van der Waals surface area (Å²) in [6.07, 6.45) is 3.75. The third-order valence-corrected chi connectivity index (χ3v) is 3.66. The van der Waals surface area contributed by atoms with Gasteiger partial charge < -0.3 is 20.5 Å². The highest BCUT2D eigenvalue weighted by atomic mass is 16.6. The lowest BCUT2D eigenvalue weighted by molar-refractivity contribution is -0.142. The van der Waals surface area contributed by atoms with Gasteiger partial charge in [-0.25, -0.2) is 9.78 Å². The van der Waals surface area contributed by atoms with Gasteiger partial charge in [-0.05, 0) is 17.9 Å². The summed E-state index contributed by atoms with van der Waals surface area (Å²) < 4.78 is 10.3. The number of ether oxygens (including phenoxy) is 2. The summed E-state index contributed by atoms with van der Waals surface area (Å²) >= 11 is 0. The van der Waals surface area contributed by atoms with E-state index in [1.54, 1.807) is 12.1 Å². The lowest BCUT2D eigenvalue weighted by Gasteiger charge is -2.16. The van der Waals surface area contributed by atoms with Crippen molar-refractivity contribution < 1.29 is 14.3 Å². The molecule has 2 rings (SSSR count). The normalized spacial score (nSPS) is 10.4. The second-order valence-corrected chi connectivity index (χ2v) is 5.29. The van der Waals surface area contributed by atoms with E-state index in [0.717, 1.165) is 35.7 Å². The number of nitrogen functional groups attached to an aromatic ring is 1. The summed E-state index contributed by atoms with van der Waals surface area (Å²) in [5.41, 5.74) is 6.80. The first-order valence-corrected chi connectivity index (χ1v) is 7.90. The van der Waals surface area contributed by atoms with Gasteiger partial charge in [0.25, 0.3) is 0 Å². The van der Waals surface area contributed by atoms with Crippen LogP contribution in [0.15, 0.2) is 24.8 Å². The van der Waals surface area contributed by atoms with Gasteiger partial charge in [-0.15, -0.1) is 0 Å². The van der Waals surface area contributed by atoms with Gasteiger partial charge in [0.05, 0.1) is 12.5 Å². The smallest absolute Gasteiger partial charge is 0.343 e. The molecule has 3 N–H and O–H groups in total. The van der Waals surface area contributed by atoms with E-state index in [2.05, 4.69) is 28.5 Å². The highest BCUT2D eigenvalue weighted by molar-refractivity contribution is 6.04. The molecule has 0 aliphatic rings. The molecule has 6 heteroatoms. The van der Waals surface area contributed by atoms with Gasteiger partial charge in [-0.1, -0.05) is 38.1 Å². The number of carbonyl (C=O) groups is 1. The number of carbonyl (C=O) groups excluding carboxylic acids is 1. The molecule has 0 amide bonds. The molecule has 1 aromatic carbocycles. The van der Waals surface area contributed by atoms with Crippen molar-refractivity contribution in [2.24, 2.45) is 0 Å². The van der Waals surface area contributed by atoms with Crippen LogP contribution in [-0.4, -0.2) is 31.2 Å². The van der Waals surface area contributed by atoms with Crippen LogP contribution >= 0.6 is 0 Å². The van der Waals surface area contributed by atoms with Crippen molar-refractivity contribution in [3.63, 3.8) is 0 Å². The zero-order valence-electron chi connectivity index (χ0n) is 14.1. The quantitative estimate of drug-likeness (QED) is 0.571. The van der Waals surface area contributed by atoms with Crippen LogP contribution in [0.25, 0.3) is 16.8 Å². The molecule has 1 aromatic heterocycles. The zero-order chi connectivity index (χ0) is 17.5. The number of unbranched alkanes of at least 4 members (excludes halogenated alkanes) is 1. The molecule has 6 nitrogen and oxygen atoms in total. The molecule has 0 bridgehead atoms. The number of nitrogens with zero attached hydrogens (tertiary/aromatic N) is 1. The Labute approximate surface area is 141 Å². The lowest BCUT2D eigenvalue weighted by atomic mass is 10.0. The molecule has 2 aromatic rings. The lowest BCUT2D eigenvalue weighted by Crippen LogP contribution is -2.13. The molecule has 24 heavy (non-hydrogen) atoms. The van der Waals surface area contributed by atoms with Crippen molar-refractivity contribution in [1.82, 2.24) is 4.98 Å². The average Bonchev–Trinajstić information content (AvgIpc) is 2.59. The largest absolute Gasteiger partial charge is 0.481 e. The number of esters is 1. The summed E-state index contributed by atoms with van der Waals surface area (Å²) in [6.45, 7) is 6.53. The Morgan fingerprint density at radius 1 is 1.46 bits per heavy atom. The van der Waals surface area contributed by atoms with Gasteiger partial charge in [-0.3, -0.25) is 0 Å². The fourth-order valence-electron chi connectivity index (χ4n) is 2.42. The fraction of sp³-hybridized carbons (Fsp3) is 0.333. The van der Waals surface area contributed by atoms with Gasteiger partial charge in [0.1, 0.15) is 17.4 Å². The number of nitrogens with one attached hydrogen (secondary N) is 1. The zero-order valence-corrected chi connectivity index (χ0v) is 14.1. The Kier molecular flexibility index (Phi) is 6.01. The molecular weight excluding hydrogens is 306 g/mol. The molecule has 128 valence electrons. The minimum Gasteiger partial charge on any atom is -0.481 e. The minimum atomic E-state index is -0.445. The van der Waals surface area contributed by atoms with E-state index in [9.17, 15) is 4.79 Å². The van der Waals surface area contributed by atoms with Gasteiger partial charge in [0.15, 0.2) is 6.61 Å². The number of rotatable bonds is 8. The van der Waals surface area contributed by atoms with Crippen LogP contribution in [0.1, 0.15) is 25.3 Å². The predicted octanol–water partition coefficient (Wildman–Crippen LogP) is 3.22. The topological polar surface area (TPSA) is 86.5 Å². The number of fused-ring (bicyclic) bond motifs is 1. The number of aromatic nitrogens is 1.